The van der Waals surface area contributed by atoms with E-state index < -0.39 is 12.1 Å². The lowest BCUT2D eigenvalue weighted by atomic mass is 9.79. The second-order valence-corrected chi connectivity index (χ2v) is 9.56. The van der Waals surface area contributed by atoms with E-state index in [-0.39, 0.29) is 11.9 Å². The number of likely N-dealkylation sites (tertiary alicyclic amines) is 1. The molecule has 1 saturated heterocycles. The number of hydrogen-bond donors (Lipinski definition) is 2. The Kier molecular flexibility index (Phi) is 6.19. The Labute approximate surface area is 184 Å². The molecule has 2 fully saturated rings. The van der Waals surface area contributed by atoms with Crippen molar-refractivity contribution in [2.75, 3.05) is 18.0 Å². The van der Waals surface area contributed by atoms with Crippen molar-refractivity contribution >= 4 is 17.7 Å². The molecule has 1 aliphatic carbocycles. The van der Waals surface area contributed by atoms with E-state index in [9.17, 15) is 20.0 Å². The molecule has 1 atom stereocenters. The van der Waals surface area contributed by atoms with Gasteiger partial charge < -0.3 is 20.2 Å². The fraction of sp³-hybridized carbons (Fsp3) is 0.625. The molecular formula is C24H32N4O3. The van der Waals surface area contributed by atoms with Gasteiger partial charge in [-0.2, -0.15) is 5.26 Å². The van der Waals surface area contributed by atoms with Crippen LogP contribution in [-0.2, 0) is 4.79 Å². The first-order valence-corrected chi connectivity index (χ1v) is 11.5. The van der Waals surface area contributed by atoms with Gasteiger partial charge in [-0.1, -0.05) is 13.8 Å². The van der Waals surface area contributed by atoms with Gasteiger partial charge in [-0.3, -0.25) is 4.79 Å². The van der Waals surface area contributed by atoms with Gasteiger partial charge in [0, 0.05) is 36.4 Å². The van der Waals surface area contributed by atoms with Crippen molar-refractivity contribution in [3.63, 3.8) is 0 Å². The van der Waals surface area contributed by atoms with E-state index in [0.29, 0.717) is 17.2 Å². The number of nitriles is 1. The van der Waals surface area contributed by atoms with Gasteiger partial charge in [0.2, 0.25) is 0 Å². The molecular weight excluding hydrogens is 392 g/mol. The second kappa shape index (κ2) is 8.88. The molecule has 1 unspecified atom stereocenters. The number of nitrogens with zero attached hydrogens (tertiary/aromatic N) is 3. The molecule has 2 heterocycles. The standard InChI is InChI=1S/C24H32N4O3/c1-15(2)17-4-6-18(7-5-17)27-11-9-19(10-12-27)28-21-8-3-16(14-25)13-20(21)22(23(28)29)26-24(30)31/h3,8,13,15,17-19,22,26H,4-7,9-12H2,1-2H3,(H,30,31)/t17-,18+,22?. The van der Waals surface area contributed by atoms with E-state index in [2.05, 4.69) is 30.1 Å². The van der Waals surface area contributed by atoms with Crippen molar-refractivity contribution in [3.05, 3.63) is 29.3 Å². The molecule has 4 rings (SSSR count). The molecule has 7 nitrogen and oxygen atoms in total. The number of hydrogen-bond acceptors (Lipinski definition) is 4. The summed E-state index contributed by atoms with van der Waals surface area (Å²) in [7, 11) is 0. The smallest absolute Gasteiger partial charge is 0.405 e. The van der Waals surface area contributed by atoms with Crippen LogP contribution in [0, 0.1) is 23.2 Å². The maximum Gasteiger partial charge on any atom is 0.405 e. The molecule has 1 aromatic carbocycles. The Morgan fingerprint density at radius 3 is 2.39 bits per heavy atom. The third kappa shape index (κ3) is 4.27. The van der Waals surface area contributed by atoms with Crippen LogP contribution in [0.25, 0.3) is 0 Å². The van der Waals surface area contributed by atoms with Gasteiger partial charge in [0.15, 0.2) is 0 Å². The number of amides is 2. The first-order chi connectivity index (χ1) is 14.9. The molecule has 2 N–H and O–H groups in total. The van der Waals surface area contributed by atoms with Crippen molar-refractivity contribution in [3.8, 4) is 6.07 Å². The third-order valence-corrected chi connectivity index (χ3v) is 7.54. The highest BCUT2D eigenvalue weighted by Gasteiger charge is 2.43. The monoisotopic (exact) mass is 424 g/mol. The maximum atomic E-state index is 13.2. The minimum absolute atomic E-state index is 0.0584. The van der Waals surface area contributed by atoms with Crippen LogP contribution in [0.2, 0.25) is 0 Å². The lowest BCUT2D eigenvalue weighted by Gasteiger charge is -2.43. The Morgan fingerprint density at radius 1 is 1.13 bits per heavy atom. The molecule has 0 bridgehead atoms. The van der Waals surface area contributed by atoms with Crippen molar-refractivity contribution in [2.24, 2.45) is 11.8 Å². The van der Waals surface area contributed by atoms with Crippen LogP contribution in [0.3, 0.4) is 0 Å². The van der Waals surface area contributed by atoms with E-state index in [1.807, 2.05) is 0 Å². The van der Waals surface area contributed by atoms with E-state index in [1.165, 1.54) is 25.7 Å². The number of carbonyl (C=O) groups is 2. The molecule has 0 aromatic heterocycles. The number of carboxylic acid groups (broad SMARTS) is 1. The minimum atomic E-state index is -1.24. The van der Waals surface area contributed by atoms with Crippen LogP contribution in [0.5, 0.6) is 0 Å². The summed E-state index contributed by atoms with van der Waals surface area (Å²) in [4.78, 5) is 28.8. The van der Waals surface area contributed by atoms with Gasteiger partial charge in [-0.25, -0.2) is 4.79 Å². The van der Waals surface area contributed by atoms with Crippen molar-refractivity contribution in [1.29, 1.82) is 5.26 Å². The van der Waals surface area contributed by atoms with Crippen molar-refractivity contribution in [1.82, 2.24) is 10.2 Å². The first kappa shape index (κ1) is 21.6. The van der Waals surface area contributed by atoms with Crippen LogP contribution < -0.4 is 10.2 Å². The number of carbonyl (C=O) groups excluding carboxylic acids is 1. The molecule has 1 saturated carbocycles. The van der Waals surface area contributed by atoms with Crippen LogP contribution in [-0.4, -0.2) is 47.2 Å². The van der Waals surface area contributed by atoms with Crippen LogP contribution in [0.1, 0.15) is 69.5 Å². The highest BCUT2D eigenvalue weighted by atomic mass is 16.4. The summed E-state index contributed by atoms with van der Waals surface area (Å²) >= 11 is 0. The Hall–Kier alpha value is -2.59. The number of nitrogens with one attached hydrogen (secondary N) is 1. The van der Waals surface area contributed by atoms with Gasteiger partial charge in [-0.05, 0) is 68.6 Å². The van der Waals surface area contributed by atoms with Crippen LogP contribution in [0.15, 0.2) is 18.2 Å². The normalized spacial score (nSPS) is 27.2. The lowest BCUT2D eigenvalue weighted by Crippen LogP contribution is -2.51. The minimum Gasteiger partial charge on any atom is -0.465 e. The quantitative estimate of drug-likeness (QED) is 0.764. The van der Waals surface area contributed by atoms with Crippen molar-refractivity contribution in [2.45, 2.75) is 70.5 Å². The average molecular weight is 425 g/mol. The summed E-state index contributed by atoms with van der Waals surface area (Å²) in [5.74, 6) is 1.38. The maximum absolute atomic E-state index is 13.2. The fourth-order valence-electron chi connectivity index (χ4n) is 5.75. The van der Waals surface area contributed by atoms with E-state index in [0.717, 1.165) is 43.5 Å². The number of anilines is 1. The van der Waals surface area contributed by atoms with Crippen LogP contribution in [0.4, 0.5) is 10.5 Å². The van der Waals surface area contributed by atoms with E-state index in [4.69, 9.17) is 0 Å². The fourth-order valence-corrected chi connectivity index (χ4v) is 5.75. The molecule has 31 heavy (non-hydrogen) atoms. The highest BCUT2D eigenvalue weighted by molar-refractivity contribution is 6.06. The number of piperidine rings is 1. The van der Waals surface area contributed by atoms with Gasteiger partial charge in [-0.15, -0.1) is 0 Å². The summed E-state index contributed by atoms with van der Waals surface area (Å²) in [5, 5.41) is 20.8. The summed E-state index contributed by atoms with van der Waals surface area (Å²) in [6.45, 7) is 6.59. The second-order valence-electron chi connectivity index (χ2n) is 9.56. The average Bonchev–Trinajstić information content (AvgIpc) is 3.04. The van der Waals surface area contributed by atoms with E-state index in [1.54, 1.807) is 23.1 Å². The van der Waals surface area contributed by atoms with Crippen LogP contribution >= 0.6 is 0 Å². The number of rotatable bonds is 4. The molecule has 0 spiro atoms. The molecule has 7 heteroatoms. The highest BCUT2D eigenvalue weighted by Crippen LogP contribution is 2.40. The molecule has 2 amide bonds. The molecule has 2 aliphatic heterocycles. The zero-order valence-corrected chi connectivity index (χ0v) is 18.4. The molecule has 3 aliphatic rings. The topological polar surface area (TPSA) is 96.7 Å². The summed E-state index contributed by atoms with van der Waals surface area (Å²) < 4.78 is 0. The van der Waals surface area contributed by atoms with E-state index >= 15 is 0 Å². The zero-order valence-electron chi connectivity index (χ0n) is 18.4. The lowest BCUT2D eigenvalue weighted by molar-refractivity contribution is -0.120. The molecule has 0 radical (unpaired) electrons. The zero-order chi connectivity index (χ0) is 22.1. The molecule has 1 aromatic rings. The Morgan fingerprint density at radius 2 is 1.81 bits per heavy atom. The summed E-state index contributed by atoms with van der Waals surface area (Å²) in [6.07, 6.45) is 5.68. The number of benzene rings is 1. The van der Waals surface area contributed by atoms with Gasteiger partial charge in [0.25, 0.3) is 5.91 Å². The first-order valence-electron chi connectivity index (χ1n) is 11.5. The summed E-state index contributed by atoms with van der Waals surface area (Å²) in [6, 6.07) is 6.97. The Bertz CT molecular complexity index is 877. The summed E-state index contributed by atoms with van der Waals surface area (Å²) in [5.41, 5.74) is 1.75. The van der Waals surface area contributed by atoms with Gasteiger partial charge in [0.1, 0.15) is 6.04 Å². The van der Waals surface area contributed by atoms with Gasteiger partial charge in [0.05, 0.1) is 11.6 Å². The molecule has 166 valence electrons. The van der Waals surface area contributed by atoms with Gasteiger partial charge >= 0.3 is 6.09 Å². The SMILES string of the molecule is CC(C)[C@H]1CC[C@@H](N2CCC(N3C(=O)C(NC(=O)O)c4cc(C#N)ccc43)CC2)CC1. The Balaban J connectivity index is 1.44. The number of fused-ring (bicyclic) bond motifs is 1. The predicted molar refractivity (Wildman–Crippen MR) is 118 cm³/mol. The van der Waals surface area contributed by atoms with Crippen molar-refractivity contribution < 1.29 is 14.7 Å². The predicted octanol–water partition coefficient (Wildman–Crippen LogP) is 3.89. The largest absolute Gasteiger partial charge is 0.465 e. The third-order valence-electron chi connectivity index (χ3n) is 7.54.